The molecule has 0 aromatic heterocycles. The van der Waals surface area contributed by atoms with Crippen molar-refractivity contribution < 1.29 is 23.7 Å². The van der Waals surface area contributed by atoms with Crippen molar-refractivity contribution in [3.8, 4) is 0 Å². The van der Waals surface area contributed by atoms with Crippen molar-refractivity contribution >= 4 is 6.09 Å². The third kappa shape index (κ3) is 6.94. The summed E-state index contributed by atoms with van der Waals surface area (Å²) in [4.78, 5) is 14.3. The quantitative estimate of drug-likeness (QED) is 0.520. The summed E-state index contributed by atoms with van der Waals surface area (Å²) in [5, 5.41) is 0. The van der Waals surface area contributed by atoms with Crippen molar-refractivity contribution in [3.05, 3.63) is 35.9 Å². The smallest absolute Gasteiger partial charge is 0.410 e. The molecule has 1 amide bonds. The Morgan fingerprint density at radius 3 is 2.58 bits per heavy atom. The molecule has 2 unspecified atom stereocenters. The molecule has 2 atom stereocenters. The van der Waals surface area contributed by atoms with Gasteiger partial charge in [0.2, 0.25) is 0 Å². The SMILES string of the molecule is CCOCOCC1CC(OCc2ccccc2)CN1C(=O)OC(C)(C)C. The molecule has 6 heteroatoms. The summed E-state index contributed by atoms with van der Waals surface area (Å²) in [5.74, 6) is 0. The van der Waals surface area contributed by atoms with E-state index in [-0.39, 0.29) is 25.0 Å². The molecule has 0 aliphatic carbocycles. The van der Waals surface area contributed by atoms with Gasteiger partial charge in [0, 0.05) is 6.61 Å². The van der Waals surface area contributed by atoms with Gasteiger partial charge in [0.1, 0.15) is 12.4 Å². The van der Waals surface area contributed by atoms with Crippen LogP contribution < -0.4 is 0 Å². The molecule has 146 valence electrons. The van der Waals surface area contributed by atoms with Crippen LogP contribution in [0.1, 0.15) is 39.7 Å². The first-order valence-electron chi connectivity index (χ1n) is 9.19. The molecular formula is C20H31NO5. The highest BCUT2D eigenvalue weighted by Crippen LogP contribution is 2.24. The summed E-state index contributed by atoms with van der Waals surface area (Å²) in [5.41, 5.74) is 0.587. The van der Waals surface area contributed by atoms with E-state index >= 15 is 0 Å². The Kier molecular flexibility index (Phi) is 7.87. The minimum atomic E-state index is -0.531. The molecule has 0 bridgehead atoms. The van der Waals surface area contributed by atoms with Gasteiger partial charge in [-0.1, -0.05) is 30.3 Å². The first-order chi connectivity index (χ1) is 12.4. The van der Waals surface area contributed by atoms with Gasteiger partial charge < -0.3 is 23.8 Å². The number of hydrogen-bond donors (Lipinski definition) is 0. The molecule has 6 nitrogen and oxygen atoms in total. The Bertz CT molecular complexity index is 543. The number of benzene rings is 1. The Balaban J connectivity index is 1.92. The summed E-state index contributed by atoms with van der Waals surface area (Å²) in [7, 11) is 0. The number of nitrogens with zero attached hydrogens (tertiary/aromatic N) is 1. The average Bonchev–Trinajstić information content (AvgIpc) is 3.00. The predicted molar refractivity (Wildman–Crippen MR) is 98.8 cm³/mol. The molecule has 1 aromatic carbocycles. The monoisotopic (exact) mass is 365 g/mol. The number of hydrogen-bond acceptors (Lipinski definition) is 5. The molecule has 2 rings (SSSR count). The molecule has 0 saturated carbocycles. The number of ether oxygens (including phenoxy) is 4. The Hall–Kier alpha value is -1.63. The lowest BCUT2D eigenvalue weighted by Gasteiger charge is -2.28. The van der Waals surface area contributed by atoms with E-state index in [0.717, 1.165) is 12.0 Å². The van der Waals surface area contributed by atoms with E-state index in [1.54, 1.807) is 4.90 Å². The van der Waals surface area contributed by atoms with Crippen molar-refractivity contribution in [2.24, 2.45) is 0 Å². The molecule has 26 heavy (non-hydrogen) atoms. The summed E-state index contributed by atoms with van der Waals surface area (Å²) in [6.45, 7) is 9.78. The second kappa shape index (κ2) is 9.90. The van der Waals surface area contributed by atoms with Gasteiger partial charge in [-0.25, -0.2) is 4.79 Å². The van der Waals surface area contributed by atoms with E-state index in [1.807, 2.05) is 58.0 Å². The van der Waals surface area contributed by atoms with Crippen LogP contribution in [0, 0.1) is 0 Å². The van der Waals surface area contributed by atoms with E-state index in [9.17, 15) is 4.79 Å². The lowest BCUT2D eigenvalue weighted by atomic mass is 10.2. The molecule has 0 radical (unpaired) electrons. The molecule has 1 aliphatic rings. The minimum Gasteiger partial charge on any atom is -0.444 e. The Morgan fingerprint density at radius 2 is 1.92 bits per heavy atom. The molecule has 1 aromatic rings. The molecule has 1 saturated heterocycles. The third-order valence-electron chi connectivity index (χ3n) is 4.01. The van der Waals surface area contributed by atoms with Crippen LogP contribution in [0.5, 0.6) is 0 Å². The largest absolute Gasteiger partial charge is 0.444 e. The predicted octanol–water partition coefficient (Wildman–Crippen LogP) is 3.59. The highest BCUT2D eigenvalue weighted by molar-refractivity contribution is 5.69. The van der Waals surface area contributed by atoms with Gasteiger partial charge in [-0.15, -0.1) is 0 Å². The van der Waals surface area contributed by atoms with Gasteiger partial charge in [-0.2, -0.15) is 0 Å². The first-order valence-corrected chi connectivity index (χ1v) is 9.19. The lowest BCUT2D eigenvalue weighted by molar-refractivity contribution is -0.0647. The van der Waals surface area contributed by atoms with Gasteiger partial charge in [-0.3, -0.25) is 0 Å². The molecule has 1 fully saturated rings. The van der Waals surface area contributed by atoms with E-state index in [4.69, 9.17) is 18.9 Å². The van der Waals surface area contributed by atoms with Crippen LogP contribution in [0.4, 0.5) is 4.79 Å². The second-order valence-electron chi connectivity index (χ2n) is 7.42. The first kappa shape index (κ1) is 20.7. The molecule has 0 N–H and O–H groups in total. The highest BCUT2D eigenvalue weighted by atomic mass is 16.7. The minimum absolute atomic E-state index is 0.0385. The molecule has 1 aliphatic heterocycles. The van der Waals surface area contributed by atoms with Crippen molar-refractivity contribution in [2.45, 2.75) is 58.5 Å². The summed E-state index contributed by atoms with van der Waals surface area (Å²) in [6.07, 6.45) is 0.356. The fourth-order valence-electron chi connectivity index (χ4n) is 2.81. The lowest BCUT2D eigenvalue weighted by Crippen LogP contribution is -2.42. The zero-order chi connectivity index (χ0) is 19.0. The number of carbonyl (C=O) groups is 1. The van der Waals surface area contributed by atoms with E-state index in [2.05, 4.69) is 0 Å². The van der Waals surface area contributed by atoms with E-state index < -0.39 is 5.60 Å². The van der Waals surface area contributed by atoms with Gasteiger partial charge in [0.15, 0.2) is 0 Å². The fraction of sp³-hybridized carbons (Fsp3) is 0.650. The summed E-state index contributed by atoms with van der Waals surface area (Å²) in [6, 6.07) is 9.95. The average molecular weight is 365 g/mol. The van der Waals surface area contributed by atoms with Crippen LogP contribution in [0.15, 0.2) is 30.3 Å². The topological polar surface area (TPSA) is 57.2 Å². The number of carbonyl (C=O) groups excluding carboxylic acids is 1. The Morgan fingerprint density at radius 1 is 1.19 bits per heavy atom. The van der Waals surface area contributed by atoms with Crippen molar-refractivity contribution in [3.63, 3.8) is 0 Å². The van der Waals surface area contributed by atoms with Gasteiger partial charge in [-0.05, 0) is 39.7 Å². The maximum absolute atomic E-state index is 12.5. The van der Waals surface area contributed by atoms with Crippen LogP contribution in [-0.2, 0) is 25.6 Å². The Labute approximate surface area is 156 Å². The van der Waals surface area contributed by atoms with Crippen LogP contribution in [0.25, 0.3) is 0 Å². The maximum atomic E-state index is 12.5. The third-order valence-corrected chi connectivity index (χ3v) is 4.01. The highest BCUT2D eigenvalue weighted by Gasteiger charge is 2.38. The van der Waals surface area contributed by atoms with Crippen LogP contribution in [0.3, 0.4) is 0 Å². The summed E-state index contributed by atoms with van der Waals surface area (Å²) < 4.78 is 22.3. The van der Waals surface area contributed by atoms with Gasteiger partial charge >= 0.3 is 6.09 Å². The van der Waals surface area contributed by atoms with Crippen LogP contribution in [-0.4, -0.2) is 55.3 Å². The van der Waals surface area contributed by atoms with Crippen molar-refractivity contribution in [1.29, 1.82) is 0 Å². The normalized spacial score (nSPS) is 20.4. The molecule has 0 spiro atoms. The summed E-state index contributed by atoms with van der Waals surface area (Å²) >= 11 is 0. The van der Waals surface area contributed by atoms with Crippen LogP contribution in [0.2, 0.25) is 0 Å². The maximum Gasteiger partial charge on any atom is 0.410 e. The van der Waals surface area contributed by atoms with Gasteiger partial charge in [0.25, 0.3) is 0 Å². The zero-order valence-electron chi connectivity index (χ0n) is 16.3. The van der Waals surface area contributed by atoms with E-state index in [0.29, 0.717) is 26.4 Å². The number of likely N-dealkylation sites (tertiary alicyclic amines) is 1. The fourth-order valence-corrected chi connectivity index (χ4v) is 2.81. The zero-order valence-corrected chi connectivity index (χ0v) is 16.3. The van der Waals surface area contributed by atoms with Crippen molar-refractivity contribution in [1.82, 2.24) is 4.90 Å². The number of rotatable bonds is 8. The van der Waals surface area contributed by atoms with Gasteiger partial charge in [0.05, 0.1) is 31.9 Å². The molecule has 1 heterocycles. The second-order valence-corrected chi connectivity index (χ2v) is 7.42. The molecular weight excluding hydrogens is 334 g/mol. The van der Waals surface area contributed by atoms with E-state index in [1.165, 1.54) is 0 Å². The standard InChI is InChI=1S/C20H31NO5/c1-5-23-15-24-14-17-11-18(25-13-16-9-7-6-8-10-16)12-21(17)19(22)26-20(2,3)4/h6-10,17-18H,5,11-15H2,1-4H3. The number of amides is 1. The van der Waals surface area contributed by atoms with Crippen LogP contribution >= 0.6 is 0 Å². The van der Waals surface area contributed by atoms with Crippen molar-refractivity contribution in [2.75, 3.05) is 26.6 Å².